The zero-order valence-electron chi connectivity index (χ0n) is 9.94. The van der Waals surface area contributed by atoms with Crippen LogP contribution in [0.15, 0.2) is 30.3 Å². The summed E-state index contributed by atoms with van der Waals surface area (Å²) in [6.07, 6.45) is 2.19. The van der Waals surface area contributed by atoms with Gasteiger partial charge in [-0.15, -0.1) is 0 Å². The average molecular weight is 212 g/mol. The highest BCUT2D eigenvalue weighted by Crippen LogP contribution is 2.33. The molecule has 0 amide bonds. The Morgan fingerprint density at radius 2 is 2.00 bits per heavy atom. The second-order valence-electron chi connectivity index (χ2n) is 4.41. The summed E-state index contributed by atoms with van der Waals surface area (Å²) in [6.45, 7) is 4.21. The molecule has 1 heterocycles. The van der Waals surface area contributed by atoms with E-state index in [0.717, 1.165) is 5.69 Å². The van der Waals surface area contributed by atoms with Gasteiger partial charge in [-0.25, -0.2) is 0 Å². The quantitative estimate of drug-likeness (QED) is 0.661. The minimum Gasteiger partial charge on any atom is -0.358 e. The maximum Gasteiger partial charge on any atom is 0.122 e. The van der Waals surface area contributed by atoms with Crippen molar-refractivity contribution in [3.8, 4) is 6.07 Å². The van der Waals surface area contributed by atoms with Gasteiger partial charge in [0, 0.05) is 24.2 Å². The molecule has 0 spiro atoms. The predicted molar refractivity (Wildman–Crippen MR) is 67.1 cm³/mol. The fourth-order valence-electron chi connectivity index (χ4n) is 2.40. The molecule has 2 heteroatoms. The van der Waals surface area contributed by atoms with Gasteiger partial charge in [0.15, 0.2) is 0 Å². The molecule has 1 aliphatic heterocycles. The third kappa shape index (κ3) is 1.59. The van der Waals surface area contributed by atoms with Gasteiger partial charge >= 0.3 is 0 Å². The van der Waals surface area contributed by atoms with Crippen LogP contribution in [0.25, 0.3) is 5.57 Å². The van der Waals surface area contributed by atoms with Crippen molar-refractivity contribution < 1.29 is 0 Å². The summed E-state index contributed by atoms with van der Waals surface area (Å²) >= 11 is 0. The Labute approximate surface area is 96.8 Å². The smallest absolute Gasteiger partial charge is 0.122 e. The molecule has 0 aromatic heterocycles. The number of anilines is 1. The van der Waals surface area contributed by atoms with Crippen LogP contribution in [0, 0.1) is 17.2 Å². The number of hydrogen-bond acceptors (Lipinski definition) is 2. The molecule has 1 aliphatic rings. The molecule has 0 aliphatic carbocycles. The number of para-hydroxylation sites is 1. The minimum atomic E-state index is -0.0846. The zero-order chi connectivity index (χ0) is 11.7. The van der Waals surface area contributed by atoms with Crippen LogP contribution in [-0.2, 0) is 0 Å². The first-order chi connectivity index (χ1) is 7.65. The molecular weight excluding hydrogens is 196 g/mol. The molecule has 0 bridgehead atoms. The van der Waals surface area contributed by atoms with Crippen molar-refractivity contribution >= 4 is 11.3 Å². The largest absolute Gasteiger partial charge is 0.358 e. The number of rotatable bonds is 0. The number of hydrogen-bond donors (Lipinski definition) is 0. The van der Waals surface area contributed by atoms with Crippen LogP contribution in [0.2, 0.25) is 0 Å². The van der Waals surface area contributed by atoms with E-state index in [0.29, 0.717) is 0 Å². The molecule has 0 unspecified atom stereocenters. The van der Waals surface area contributed by atoms with E-state index in [2.05, 4.69) is 43.0 Å². The van der Waals surface area contributed by atoms with Crippen LogP contribution in [0.4, 0.5) is 5.69 Å². The number of nitrogens with zero attached hydrogens (tertiary/aromatic N) is 2. The van der Waals surface area contributed by atoms with Crippen molar-refractivity contribution in [1.29, 1.82) is 5.26 Å². The summed E-state index contributed by atoms with van der Waals surface area (Å²) in [5.41, 5.74) is 3.63. The number of nitriles is 1. The molecule has 2 rings (SSSR count). The van der Waals surface area contributed by atoms with Crippen LogP contribution in [0.1, 0.15) is 19.4 Å². The van der Waals surface area contributed by atoms with Crippen molar-refractivity contribution in [2.75, 3.05) is 11.9 Å². The topological polar surface area (TPSA) is 27.0 Å². The summed E-state index contributed by atoms with van der Waals surface area (Å²) in [6, 6.07) is 10.6. The van der Waals surface area contributed by atoms with Gasteiger partial charge in [-0.3, -0.25) is 0 Å². The Morgan fingerprint density at radius 3 is 2.69 bits per heavy atom. The second-order valence-corrected chi connectivity index (χ2v) is 4.41. The Kier molecular flexibility index (Phi) is 2.70. The van der Waals surface area contributed by atoms with Crippen molar-refractivity contribution in [3.63, 3.8) is 0 Å². The number of allylic oxidation sites excluding steroid dienone is 1. The SMILES string of the molecule is CC1=C[C@H](C)[C@@H](C#N)N(C)c2ccccc21. The molecular formula is C14H16N2. The fourth-order valence-corrected chi connectivity index (χ4v) is 2.40. The van der Waals surface area contributed by atoms with Crippen LogP contribution in [0.3, 0.4) is 0 Å². The standard InChI is InChI=1S/C14H16N2/c1-10-8-11(2)14(9-15)16(3)13-7-5-4-6-12(10)13/h4-8,11,14H,1-3H3/t11-,14+/m0/s1. The van der Waals surface area contributed by atoms with E-state index in [-0.39, 0.29) is 12.0 Å². The first kappa shape index (κ1) is 10.8. The molecule has 82 valence electrons. The van der Waals surface area contributed by atoms with Gasteiger partial charge in [0.1, 0.15) is 6.04 Å². The lowest BCUT2D eigenvalue weighted by Gasteiger charge is -2.27. The molecule has 1 aromatic rings. The van der Waals surface area contributed by atoms with Crippen LogP contribution in [-0.4, -0.2) is 13.1 Å². The predicted octanol–water partition coefficient (Wildman–Crippen LogP) is 3.07. The van der Waals surface area contributed by atoms with Gasteiger partial charge in [-0.05, 0) is 18.6 Å². The maximum atomic E-state index is 9.25. The molecule has 16 heavy (non-hydrogen) atoms. The molecule has 0 saturated carbocycles. The Bertz CT molecular complexity index is 468. The van der Waals surface area contributed by atoms with E-state index >= 15 is 0 Å². The lowest BCUT2D eigenvalue weighted by molar-refractivity contribution is 0.613. The van der Waals surface area contributed by atoms with Gasteiger partial charge in [0.25, 0.3) is 0 Å². The number of fused-ring (bicyclic) bond motifs is 1. The second kappa shape index (κ2) is 4.02. The highest BCUT2D eigenvalue weighted by Gasteiger charge is 2.25. The third-order valence-corrected chi connectivity index (χ3v) is 3.27. The summed E-state index contributed by atoms with van der Waals surface area (Å²) in [7, 11) is 2.00. The van der Waals surface area contributed by atoms with Gasteiger partial charge in [-0.2, -0.15) is 5.26 Å². The first-order valence-electron chi connectivity index (χ1n) is 5.55. The Hall–Kier alpha value is -1.75. The monoisotopic (exact) mass is 212 g/mol. The fraction of sp³-hybridized carbons (Fsp3) is 0.357. The van der Waals surface area contributed by atoms with E-state index in [1.54, 1.807) is 0 Å². The molecule has 0 N–H and O–H groups in total. The average Bonchev–Trinajstić information content (AvgIpc) is 2.37. The highest BCUT2D eigenvalue weighted by atomic mass is 15.1. The van der Waals surface area contributed by atoms with Crippen LogP contribution >= 0.6 is 0 Å². The molecule has 0 fully saturated rings. The van der Waals surface area contributed by atoms with Crippen molar-refractivity contribution in [2.45, 2.75) is 19.9 Å². The summed E-state index contributed by atoms with van der Waals surface area (Å²) in [5, 5.41) is 9.25. The summed E-state index contributed by atoms with van der Waals surface area (Å²) in [5.74, 6) is 0.252. The van der Waals surface area contributed by atoms with Crippen molar-refractivity contribution in [2.24, 2.45) is 5.92 Å². The lowest BCUT2D eigenvalue weighted by atomic mass is 10.00. The zero-order valence-corrected chi connectivity index (χ0v) is 9.94. The van der Waals surface area contributed by atoms with E-state index in [4.69, 9.17) is 0 Å². The molecule has 0 radical (unpaired) electrons. The molecule has 2 atom stereocenters. The van der Waals surface area contributed by atoms with Gasteiger partial charge < -0.3 is 4.90 Å². The Morgan fingerprint density at radius 1 is 1.31 bits per heavy atom. The van der Waals surface area contributed by atoms with Crippen LogP contribution in [0.5, 0.6) is 0 Å². The maximum absolute atomic E-state index is 9.25. The van der Waals surface area contributed by atoms with Gasteiger partial charge in [0.2, 0.25) is 0 Å². The van der Waals surface area contributed by atoms with Crippen LogP contribution < -0.4 is 4.90 Å². The first-order valence-corrected chi connectivity index (χ1v) is 5.55. The summed E-state index contributed by atoms with van der Waals surface area (Å²) in [4.78, 5) is 2.08. The van der Waals surface area contributed by atoms with Gasteiger partial charge in [0.05, 0.1) is 6.07 Å². The summed E-state index contributed by atoms with van der Waals surface area (Å²) < 4.78 is 0. The van der Waals surface area contributed by atoms with Crippen molar-refractivity contribution in [3.05, 3.63) is 35.9 Å². The lowest BCUT2D eigenvalue weighted by Crippen LogP contribution is -2.34. The van der Waals surface area contributed by atoms with E-state index in [1.165, 1.54) is 11.1 Å². The van der Waals surface area contributed by atoms with Crippen molar-refractivity contribution in [1.82, 2.24) is 0 Å². The van der Waals surface area contributed by atoms with Gasteiger partial charge in [-0.1, -0.05) is 31.2 Å². The highest BCUT2D eigenvalue weighted by molar-refractivity contribution is 5.77. The molecule has 0 saturated heterocycles. The van der Waals surface area contributed by atoms with E-state index in [1.807, 2.05) is 19.2 Å². The minimum absolute atomic E-state index is 0.0846. The van der Waals surface area contributed by atoms with E-state index < -0.39 is 0 Å². The number of benzene rings is 1. The molecule has 1 aromatic carbocycles. The van der Waals surface area contributed by atoms with E-state index in [9.17, 15) is 5.26 Å². The normalized spacial score (nSPS) is 24.1. The Balaban J connectivity index is 2.60. The molecule has 2 nitrogen and oxygen atoms in total. The third-order valence-electron chi connectivity index (χ3n) is 3.27.